The Morgan fingerprint density at radius 2 is 2.08 bits per heavy atom. The topological polar surface area (TPSA) is 26.3 Å². The predicted octanol–water partition coefficient (Wildman–Crippen LogP) is 2.91. The van der Waals surface area contributed by atoms with E-state index in [9.17, 15) is 4.79 Å². The van der Waals surface area contributed by atoms with Crippen molar-refractivity contribution in [2.45, 2.75) is 17.7 Å². The zero-order valence-corrected chi connectivity index (χ0v) is 9.49. The lowest BCUT2D eigenvalue weighted by molar-refractivity contribution is -0.143. The van der Waals surface area contributed by atoms with Gasteiger partial charge in [-0.15, -0.1) is 11.6 Å². The smallest absolute Gasteiger partial charge is 0.342 e. The molecule has 5 heteroatoms. The summed E-state index contributed by atoms with van der Waals surface area (Å²) in [5.74, 6) is -0.260. The number of hydrogen-bond donors (Lipinski definition) is 0. The fourth-order valence-corrected chi connectivity index (χ4v) is 1.03. The van der Waals surface area contributed by atoms with E-state index < -0.39 is 10.3 Å². The quantitative estimate of drug-likeness (QED) is 0.423. The average Bonchev–Trinajstić information content (AvgIpc) is 2.05. The Kier molecular flexibility index (Phi) is 6.56. The molecule has 0 amide bonds. The normalized spacial score (nSPS) is 12.0. The van der Waals surface area contributed by atoms with Crippen LogP contribution in [0.25, 0.3) is 0 Å². The van der Waals surface area contributed by atoms with Gasteiger partial charge in [-0.05, 0) is 6.92 Å². The van der Waals surface area contributed by atoms with Crippen molar-refractivity contribution in [3.8, 4) is 0 Å². The number of carbonyl (C=O) groups excluding carboxylic acids is 1. The van der Waals surface area contributed by atoms with Crippen molar-refractivity contribution in [2.75, 3.05) is 12.5 Å². The van der Waals surface area contributed by atoms with Gasteiger partial charge in [-0.3, -0.25) is 0 Å². The maximum absolute atomic E-state index is 11.1. The molecule has 0 aromatic rings. The number of allylic oxidation sites excluding steroid dienone is 2. The molecule has 0 heterocycles. The molecular formula is C8H11Cl3O2. The number of hydrogen-bond acceptors (Lipinski definition) is 2. The molecule has 0 saturated heterocycles. The van der Waals surface area contributed by atoms with Gasteiger partial charge < -0.3 is 4.74 Å². The van der Waals surface area contributed by atoms with Gasteiger partial charge in [0.05, 0.1) is 6.61 Å². The third-order valence-electron chi connectivity index (χ3n) is 1.20. The van der Waals surface area contributed by atoms with Crippen LogP contribution in [-0.4, -0.2) is 22.8 Å². The highest BCUT2D eigenvalue weighted by Crippen LogP contribution is 2.27. The zero-order chi connectivity index (χ0) is 10.3. The number of carbonyl (C=O) groups is 1. The molecule has 0 aromatic carbocycles. The van der Waals surface area contributed by atoms with Crippen molar-refractivity contribution in [3.63, 3.8) is 0 Å². The summed E-state index contributed by atoms with van der Waals surface area (Å²) in [6, 6.07) is 0. The minimum atomic E-state index is -1.50. The van der Waals surface area contributed by atoms with Crippen molar-refractivity contribution in [1.29, 1.82) is 0 Å². The van der Waals surface area contributed by atoms with Gasteiger partial charge in [-0.25, -0.2) is 4.79 Å². The van der Waals surface area contributed by atoms with E-state index in [2.05, 4.69) is 4.74 Å². The van der Waals surface area contributed by atoms with E-state index in [1.807, 2.05) is 0 Å². The minimum Gasteiger partial charge on any atom is -0.464 e. The number of halogens is 3. The molecule has 0 aliphatic rings. The summed E-state index contributed by atoms with van der Waals surface area (Å²) in [6.07, 6.45) is 3.51. The Bertz CT molecular complexity index is 190. The molecule has 13 heavy (non-hydrogen) atoms. The van der Waals surface area contributed by atoms with Crippen LogP contribution in [0.2, 0.25) is 0 Å². The van der Waals surface area contributed by atoms with Crippen molar-refractivity contribution >= 4 is 40.8 Å². The third kappa shape index (κ3) is 5.40. The van der Waals surface area contributed by atoms with Gasteiger partial charge >= 0.3 is 5.97 Å². The van der Waals surface area contributed by atoms with Crippen LogP contribution in [0.3, 0.4) is 0 Å². The third-order valence-corrected chi connectivity index (χ3v) is 2.00. The highest BCUT2D eigenvalue weighted by Gasteiger charge is 2.33. The molecule has 0 aromatic heterocycles. The second kappa shape index (κ2) is 6.52. The Labute approximate surface area is 92.8 Å². The van der Waals surface area contributed by atoms with Gasteiger partial charge in [0, 0.05) is 12.3 Å². The van der Waals surface area contributed by atoms with Crippen LogP contribution in [-0.2, 0) is 9.53 Å². The molecule has 0 aliphatic heterocycles. The van der Waals surface area contributed by atoms with Crippen molar-refractivity contribution in [1.82, 2.24) is 0 Å². The molecule has 0 fully saturated rings. The van der Waals surface area contributed by atoms with Crippen LogP contribution in [0.4, 0.5) is 0 Å². The lowest BCUT2D eigenvalue weighted by Crippen LogP contribution is -2.27. The van der Waals surface area contributed by atoms with E-state index in [-0.39, 0.29) is 13.0 Å². The first kappa shape index (κ1) is 13.1. The highest BCUT2D eigenvalue weighted by molar-refractivity contribution is 6.57. The summed E-state index contributed by atoms with van der Waals surface area (Å²) in [5.41, 5.74) is 0. The number of rotatable bonds is 5. The number of alkyl halides is 3. The first-order chi connectivity index (χ1) is 6.04. The van der Waals surface area contributed by atoms with Gasteiger partial charge in [0.1, 0.15) is 0 Å². The van der Waals surface area contributed by atoms with Crippen LogP contribution >= 0.6 is 34.8 Å². The number of ether oxygens (including phenoxy) is 1. The van der Waals surface area contributed by atoms with E-state index in [0.29, 0.717) is 5.88 Å². The first-order valence-electron chi connectivity index (χ1n) is 3.80. The van der Waals surface area contributed by atoms with Crippen LogP contribution in [0, 0.1) is 0 Å². The van der Waals surface area contributed by atoms with Gasteiger partial charge in [0.25, 0.3) is 0 Å². The monoisotopic (exact) mass is 244 g/mol. The van der Waals surface area contributed by atoms with Gasteiger partial charge in [-0.2, -0.15) is 0 Å². The summed E-state index contributed by atoms with van der Waals surface area (Å²) >= 11 is 16.8. The van der Waals surface area contributed by atoms with E-state index in [0.717, 1.165) is 0 Å². The molecule has 2 nitrogen and oxygen atoms in total. The Morgan fingerprint density at radius 3 is 2.54 bits per heavy atom. The van der Waals surface area contributed by atoms with Crippen molar-refractivity contribution in [2.24, 2.45) is 0 Å². The van der Waals surface area contributed by atoms with Crippen LogP contribution < -0.4 is 0 Å². The maximum Gasteiger partial charge on any atom is 0.342 e. The molecule has 0 radical (unpaired) electrons. The second-order valence-corrected chi connectivity index (χ2v) is 4.05. The molecule has 0 unspecified atom stereocenters. The standard InChI is InChI=1S/C8H11Cl3O2/c1-2-13-7(12)8(10,11)5-3-4-6-9/h3-4H,2,5-6H2,1H3. The molecule has 0 atom stereocenters. The van der Waals surface area contributed by atoms with E-state index in [4.69, 9.17) is 34.8 Å². The van der Waals surface area contributed by atoms with E-state index in [1.165, 1.54) is 0 Å². The molecule has 0 spiro atoms. The Hall–Kier alpha value is 0.0800. The summed E-state index contributed by atoms with van der Waals surface area (Å²) in [6.45, 7) is 1.95. The Morgan fingerprint density at radius 1 is 1.46 bits per heavy atom. The molecule has 0 N–H and O–H groups in total. The maximum atomic E-state index is 11.1. The van der Waals surface area contributed by atoms with E-state index in [1.54, 1.807) is 19.1 Å². The van der Waals surface area contributed by atoms with E-state index >= 15 is 0 Å². The lowest BCUT2D eigenvalue weighted by atomic mass is 10.3. The average molecular weight is 246 g/mol. The summed E-state index contributed by atoms with van der Waals surface area (Å²) < 4.78 is 3.17. The minimum absolute atomic E-state index is 0.196. The fraction of sp³-hybridized carbons (Fsp3) is 0.625. The van der Waals surface area contributed by atoms with Crippen LogP contribution in [0.15, 0.2) is 12.2 Å². The predicted molar refractivity (Wildman–Crippen MR) is 55.5 cm³/mol. The summed E-state index contributed by atoms with van der Waals surface area (Å²) in [7, 11) is 0. The van der Waals surface area contributed by atoms with Gasteiger partial charge in [0.15, 0.2) is 0 Å². The number of esters is 1. The first-order valence-corrected chi connectivity index (χ1v) is 5.09. The second-order valence-electron chi connectivity index (χ2n) is 2.25. The molecule has 0 bridgehead atoms. The molecule has 0 rings (SSSR count). The summed E-state index contributed by atoms with van der Waals surface area (Å²) in [4.78, 5) is 11.1. The molecule has 76 valence electrons. The molecule has 0 saturated carbocycles. The largest absolute Gasteiger partial charge is 0.464 e. The molecule has 0 aliphatic carbocycles. The Balaban J connectivity index is 4.05. The van der Waals surface area contributed by atoms with Crippen LogP contribution in [0.1, 0.15) is 13.3 Å². The lowest BCUT2D eigenvalue weighted by Gasteiger charge is -2.14. The summed E-state index contributed by atoms with van der Waals surface area (Å²) in [5, 5.41) is 0. The van der Waals surface area contributed by atoms with Gasteiger partial charge in [0.2, 0.25) is 4.33 Å². The van der Waals surface area contributed by atoms with Crippen molar-refractivity contribution < 1.29 is 9.53 Å². The van der Waals surface area contributed by atoms with Crippen molar-refractivity contribution in [3.05, 3.63) is 12.2 Å². The van der Waals surface area contributed by atoms with Gasteiger partial charge in [-0.1, -0.05) is 35.4 Å². The highest BCUT2D eigenvalue weighted by atomic mass is 35.5. The molecular weight excluding hydrogens is 234 g/mol. The van der Waals surface area contributed by atoms with Crippen LogP contribution in [0.5, 0.6) is 0 Å². The SMILES string of the molecule is CCOC(=O)C(Cl)(Cl)CC=CCCl. The fourth-order valence-electron chi connectivity index (χ4n) is 0.614. The zero-order valence-electron chi connectivity index (χ0n) is 7.23.